The summed E-state index contributed by atoms with van der Waals surface area (Å²) in [7, 11) is -2.88. The molecule has 1 N–H and O–H groups in total. The van der Waals surface area contributed by atoms with Crippen molar-refractivity contribution >= 4 is 20.7 Å². The molecule has 0 atom stereocenters. The minimum Gasteiger partial charge on any atom is -0.314 e. The lowest BCUT2D eigenvalue weighted by atomic mass is 10.3. The van der Waals surface area contributed by atoms with Gasteiger partial charge in [0.2, 0.25) is 0 Å². The Labute approximate surface area is 107 Å². The Morgan fingerprint density at radius 1 is 1.28 bits per heavy atom. The van der Waals surface area contributed by atoms with Crippen molar-refractivity contribution in [3.63, 3.8) is 0 Å². The molecule has 0 fully saturated rings. The SMILES string of the molecule is CS(=O)(=O)CCNCCn1ncc2ccccc21. The highest BCUT2D eigenvalue weighted by molar-refractivity contribution is 7.90. The Bertz CT molecular complexity index is 619. The highest BCUT2D eigenvalue weighted by atomic mass is 32.2. The second-order valence-electron chi connectivity index (χ2n) is 4.31. The third kappa shape index (κ3) is 3.54. The molecule has 2 aromatic rings. The number of nitrogens with zero attached hydrogens (tertiary/aromatic N) is 2. The zero-order valence-electron chi connectivity index (χ0n) is 10.3. The fourth-order valence-corrected chi connectivity index (χ4v) is 2.29. The van der Waals surface area contributed by atoms with Gasteiger partial charge in [-0.3, -0.25) is 4.68 Å². The van der Waals surface area contributed by atoms with Gasteiger partial charge in [-0.25, -0.2) is 8.42 Å². The molecule has 0 saturated carbocycles. The number of para-hydroxylation sites is 1. The Morgan fingerprint density at radius 2 is 2.06 bits per heavy atom. The summed E-state index contributed by atoms with van der Waals surface area (Å²) in [6.07, 6.45) is 3.08. The first-order valence-electron chi connectivity index (χ1n) is 5.85. The number of fused-ring (bicyclic) bond motifs is 1. The van der Waals surface area contributed by atoms with Crippen LogP contribution in [0.15, 0.2) is 30.5 Å². The first-order chi connectivity index (χ1) is 8.56. The summed E-state index contributed by atoms with van der Waals surface area (Å²) in [6.45, 7) is 1.93. The third-order valence-corrected chi connectivity index (χ3v) is 3.65. The number of aromatic nitrogens is 2. The number of rotatable bonds is 6. The molecule has 18 heavy (non-hydrogen) atoms. The number of nitrogens with one attached hydrogen (secondary N) is 1. The van der Waals surface area contributed by atoms with Crippen molar-refractivity contribution in [3.8, 4) is 0 Å². The zero-order chi connectivity index (χ0) is 13.0. The van der Waals surface area contributed by atoms with Gasteiger partial charge in [-0.15, -0.1) is 0 Å². The minimum atomic E-state index is -2.88. The molecule has 6 heteroatoms. The van der Waals surface area contributed by atoms with Crippen molar-refractivity contribution in [2.75, 3.05) is 25.1 Å². The predicted molar refractivity (Wildman–Crippen MR) is 72.3 cm³/mol. The van der Waals surface area contributed by atoms with E-state index in [1.165, 1.54) is 6.26 Å². The van der Waals surface area contributed by atoms with Gasteiger partial charge in [-0.1, -0.05) is 18.2 Å². The molecule has 2 rings (SSSR count). The molecule has 0 spiro atoms. The fraction of sp³-hybridized carbons (Fsp3) is 0.417. The van der Waals surface area contributed by atoms with E-state index in [0.717, 1.165) is 17.4 Å². The minimum absolute atomic E-state index is 0.173. The average Bonchev–Trinajstić information content (AvgIpc) is 2.71. The van der Waals surface area contributed by atoms with Crippen LogP contribution in [0.1, 0.15) is 0 Å². The van der Waals surface area contributed by atoms with Crippen molar-refractivity contribution in [3.05, 3.63) is 30.5 Å². The normalized spacial score (nSPS) is 12.1. The molecule has 0 bridgehead atoms. The summed E-state index contributed by atoms with van der Waals surface area (Å²) in [6, 6.07) is 8.02. The van der Waals surface area contributed by atoms with Gasteiger partial charge in [0.1, 0.15) is 9.84 Å². The van der Waals surface area contributed by atoms with Crippen LogP contribution in [-0.4, -0.2) is 43.3 Å². The van der Waals surface area contributed by atoms with Gasteiger partial charge < -0.3 is 5.32 Å². The summed E-state index contributed by atoms with van der Waals surface area (Å²) in [5.74, 6) is 0.173. The van der Waals surface area contributed by atoms with Gasteiger partial charge in [0, 0.05) is 24.7 Å². The lowest BCUT2D eigenvalue weighted by Gasteiger charge is -2.05. The average molecular weight is 267 g/mol. The molecular weight excluding hydrogens is 250 g/mol. The highest BCUT2D eigenvalue weighted by Crippen LogP contribution is 2.11. The molecule has 0 radical (unpaired) electrons. The second-order valence-corrected chi connectivity index (χ2v) is 6.57. The molecule has 0 aliphatic carbocycles. The standard InChI is InChI=1S/C12H17N3O2S/c1-18(16,17)9-7-13-6-8-15-12-5-3-2-4-11(12)10-14-15/h2-5,10,13H,6-9H2,1H3. The van der Waals surface area contributed by atoms with Crippen LogP contribution in [0.2, 0.25) is 0 Å². The quantitative estimate of drug-likeness (QED) is 0.781. The molecule has 0 aliphatic heterocycles. The molecule has 0 unspecified atom stereocenters. The van der Waals surface area contributed by atoms with Crippen molar-refractivity contribution in [2.24, 2.45) is 0 Å². The predicted octanol–water partition coefficient (Wildman–Crippen LogP) is 0.671. The van der Waals surface area contributed by atoms with Crippen LogP contribution in [0, 0.1) is 0 Å². The van der Waals surface area contributed by atoms with Gasteiger partial charge in [0.15, 0.2) is 0 Å². The van der Waals surface area contributed by atoms with E-state index in [1.807, 2.05) is 35.1 Å². The molecule has 1 aromatic carbocycles. The van der Waals surface area contributed by atoms with E-state index in [9.17, 15) is 8.42 Å². The molecule has 1 aromatic heterocycles. The number of hydrogen-bond donors (Lipinski definition) is 1. The number of hydrogen-bond acceptors (Lipinski definition) is 4. The van der Waals surface area contributed by atoms with Crippen LogP contribution in [-0.2, 0) is 16.4 Å². The first kappa shape index (κ1) is 13.0. The van der Waals surface area contributed by atoms with Gasteiger partial charge in [-0.2, -0.15) is 5.10 Å². The molecule has 5 nitrogen and oxygen atoms in total. The van der Waals surface area contributed by atoms with Gasteiger partial charge in [-0.05, 0) is 6.07 Å². The molecule has 0 amide bonds. The maximum atomic E-state index is 10.9. The number of benzene rings is 1. The summed E-state index contributed by atoms with van der Waals surface area (Å²) < 4.78 is 23.8. The molecule has 98 valence electrons. The van der Waals surface area contributed by atoms with E-state index in [0.29, 0.717) is 13.1 Å². The molecule has 1 heterocycles. The van der Waals surface area contributed by atoms with E-state index in [4.69, 9.17) is 0 Å². The molecule has 0 aliphatic rings. The van der Waals surface area contributed by atoms with Crippen molar-refractivity contribution < 1.29 is 8.42 Å². The zero-order valence-corrected chi connectivity index (χ0v) is 11.2. The summed E-state index contributed by atoms with van der Waals surface area (Å²) in [5.41, 5.74) is 1.10. The summed E-state index contributed by atoms with van der Waals surface area (Å²) in [5, 5.41) is 8.52. The molecule has 0 saturated heterocycles. The smallest absolute Gasteiger partial charge is 0.148 e. The lowest BCUT2D eigenvalue weighted by Crippen LogP contribution is -2.26. The van der Waals surface area contributed by atoms with E-state index in [2.05, 4.69) is 10.4 Å². The van der Waals surface area contributed by atoms with Crippen molar-refractivity contribution in [1.29, 1.82) is 0 Å². The first-order valence-corrected chi connectivity index (χ1v) is 7.91. The topological polar surface area (TPSA) is 64.0 Å². The third-order valence-electron chi connectivity index (χ3n) is 2.70. The van der Waals surface area contributed by atoms with E-state index < -0.39 is 9.84 Å². The monoisotopic (exact) mass is 267 g/mol. The highest BCUT2D eigenvalue weighted by Gasteiger charge is 2.02. The van der Waals surface area contributed by atoms with Crippen LogP contribution in [0.25, 0.3) is 10.9 Å². The van der Waals surface area contributed by atoms with Gasteiger partial charge >= 0.3 is 0 Å². The van der Waals surface area contributed by atoms with E-state index in [-0.39, 0.29) is 5.75 Å². The van der Waals surface area contributed by atoms with Crippen LogP contribution in [0.4, 0.5) is 0 Å². The Kier molecular flexibility index (Phi) is 3.98. The second kappa shape index (κ2) is 5.49. The lowest BCUT2D eigenvalue weighted by molar-refractivity contribution is 0.570. The van der Waals surface area contributed by atoms with Gasteiger partial charge in [0.05, 0.1) is 24.0 Å². The van der Waals surface area contributed by atoms with Crippen LogP contribution in [0.5, 0.6) is 0 Å². The maximum Gasteiger partial charge on any atom is 0.148 e. The number of sulfone groups is 1. The largest absolute Gasteiger partial charge is 0.314 e. The van der Waals surface area contributed by atoms with Gasteiger partial charge in [0.25, 0.3) is 0 Å². The van der Waals surface area contributed by atoms with Crippen molar-refractivity contribution in [2.45, 2.75) is 6.54 Å². The van der Waals surface area contributed by atoms with Crippen LogP contribution < -0.4 is 5.32 Å². The molecular formula is C12H17N3O2S. The van der Waals surface area contributed by atoms with Crippen molar-refractivity contribution in [1.82, 2.24) is 15.1 Å². The Balaban J connectivity index is 1.84. The van der Waals surface area contributed by atoms with E-state index in [1.54, 1.807) is 0 Å². The Morgan fingerprint density at radius 3 is 2.83 bits per heavy atom. The fourth-order valence-electron chi connectivity index (χ4n) is 1.77. The summed E-state index contributed by atoms with van der Waals surface area (Å²) >= 11 is 0. The Hall–Kier alpha value is -1.40. The van der Waals surface area contributed by atoms with E-state index >= 15 is 0 Å². The summed E-state index contributed by atoms with van der Waals surface area (Å²) in [4.78, 5) is 0. The van der Waals surface area contributed by atoms with Crippen LogP contribution in [0.3, 0.4) is 0 Å². The van der Waals surface area contributed by atoms with Crippen LogP contribution >= 0.6 is 0 Å². The maximum absolute atomic E-state index is 10.9.